The number of anilines is 2. The molecule has 5 heteroatoms. The molecule has 0 aliphatic carbocycles. The summed E-state index contributed by atoms with van der Waals surface area (Å²) in [6.07, 6.45) is -0.221. The molecule has 0 spiro atoms. The van der Waals surface area contributed by atoms with Crippen LogP contribution in [0.3, 0.4) is 0 Å². The number of amides is 2. The Bertz CT molecular complexity index is 757. The molecule has 0 aliphatic rings. The van der Waals surface area contributed by atoms with E-state index in [9.17, 15) is 9.59 Å². The van der Waals surface area contributed by atoms with Crippen LogP contribution in [0.15, 0.2) is 46.9 Å². The third-order valence-corrected chi connectivity index (χ3v) is 4.51. The van der Waals surface area contributed by atoms with Gasteiger partial charge in [-0.3, -0.25) is 9.59 Å². The second kappa shape index (κ2) is 8.11. The Morgan fingerprint density at radius 2 is 1.71 bits per heavy atom. The minimum absolute atomic E-state index is 0.221. The summed E-state index contributed by atoms with van der Waals surface area (Å²) >= 11 is 3.41. The van der Waals surface area contributed by atoms with Crippen molar-refractivity contribution in [1.82, 2.24) is 0 Å². The molecular formula is C19H21BrN2O2. The van der Waals surface area contributed by atoms with E-state index in [4.69, 9.17) is 0 Å². The highest BCUT2D eigenvalue weighted by molar-refractivity contribution is 9.10. The number of carbonyl (C=O) groups is 2. The lowest BCUT2D eigenvalue weighted by molar-refractivity contribution is -0.123. The molecule has 2 aromatic carbocycles. The summed E-state index contributed by atoms with van der Waals surface area (Å²) in [5.41, 5.74) is 3.50. The van der Waals surface area contributed by atoms with Crippen LogP contribution in [0.4, 0.5) is 11.4 Å². The van der Waals surface area contributed by atoms with Crippen molar-refractivity contribution in [3.05, 3.63) is 58.1 Å². The van der Waals surface area contributed by atoms with Gasteiger partial charge in [-0.15, -0.1) is 0 Å². The summed E-state index contributed by atoms with van der Waals surface area (Å²) in [5, 5.41) is 5.57. The summed E-state index contributed by atoms with van der Waals surface area (Å²) in [6, 6.07) is 13.1. The molecule has 0 heterocycles. The number of halogens is 1. The second-order valence-electron chi connectivity index (χ2n) is 5.98. The van der Waals surface area contributed by atoms with E-state index in [0.717, 1.165) is 21.3 Å². The van der Waals surface area contributed by atoms with Crippen LogP contribution in [0.25, 0.3) is 0 Å². The van der Waals surface area contributed by atoms with Crippen LogP contribution in [0.2, 0.25) is 0 Å². The van der Waals surface area contributed by atoms with Crippen LogP contribution in [0, 0.1) is 6.92 Å². The van der Waals surface area contributed by atoms with Crippen LogP contribution in [-0.4, -0.2) is 11.8 Å². The smallest absolute Gasteiger partial charge is 0.233 e. The topological polar surface area (TPSA) is 58.2 Å². The number of carbonyl (C=O) groups excluding carboxylic acids is 2. The van der Waals surface area contributed by atoms with Gasteiger partial charge in [0.1, 0.15) is 6.42 Å². The van der Waals surface area contributed by atoms with Crippen molar-refractivity contribution in [1.29, 1.82) is 0 Å². The first-order chi connectivity index (χ1) is 11.4. The molecule has 0 bridgehead atoms. The van der Waals surface area contributed by atoms with Gasteiger partial charge in [-0.1, -0.05) is 48.0 Å². The maximum Gasteiger partial charge on any atom is 0.233 e. The molecule has 0 radical (unpaired) electrons. The van der Waals surface area contributed by atoms with Gasteiger partial charge < -0.3 is 10.6 Å². The summed E-state index contributed by atoms with van der Waals surface area (Å²) in [6.45, 7) is 6.07. The first-order valence-electron chi connectivity index (χ1n) is 7.81. The molecule has 2 rings (SSSR count). The fraction of sp³-hybridized carbons (Fsp3) is 0.263. The van der Waals surface area contributed by atoms with Gasteiger partial charge in [0.15, 0.2) is 0 Å². The zero-order valence-electron chi connectivity index (χ0n) is 14.0. The molecule has 0 aliphatic heterocycles. The number of nitrogens with one attached hydrogen (secondary N) is 2. The zero-order chi connectivity index (χ0) is 17.7. The van der Waals surface area contributed by atoms with E-state index in [1.54, 1.807) is 6.07 Å². The van der Waals surface area contributed by atoms with Crippen LogP contribution in [0.5, 0.6) is 0 Å². The van der Waals surface area contributed by atoms with E-state index in [-0.39, 0.29) is 18.2 Å². The third kappa shape index (κ3) is 4.93. The average molecular weight is 389 g/mol. The summed E-state index contributed by atoms with van der Waals surface area (Å²) in [5.74, 6) is -0.369. The number of aryl methyl sites for hydroxylation is 1. The lowest BCUT2D eigenvalue weighted by Gasteiger charge is -2.13. The standard InChI is InChI=1S/C19H21BrN2O2/c1-12(2)15-6-4-5-7-17(15)22-19(24)11-18(23)21-14-8-9-16(20)13(3)10-14/h4-10,12H,11H2,1-3H3,(H,21,23)(H,22,24). The van der Waals surface area contributed by atoms with Gasteiger partial charge in [0.05, 0.1) is 0 Å². The van der Waals surface area contributed by atoms with Gasteiger partial charge >= 0.3 is 0 Å². The average Bonchev–Trinajstić information content (AvgIpc) is 2.51. The molecule has 2 N–H and O–H groups in total. The Morgan fingerprint density at radius 3 is 2.38 bits per heavy atom. The lowest BCUT2D eigenvalue weighted by Crippen LogP contribution is -2.22. The van der Waals surface area contributed by atoms with E-state index in [0.29, 0.717) is 11.6 Å². The van der Waals surface area contributed by atoms with Crippen LogP contribution >= 0.6 is 15.9 Å². The van der Waals surface area contributed by atoms with Gasteiger partial charge in [-0.2, -0.15) is 0 Å². The largest absolute Gasteiger partial charge is 0.326 e. The molecule has 0 unspecified atom stereocenters. The highest BCUT2D eigenvalue weighted by Crippen LogP contribution is 2.24. The van der Waals surface area contributed by atoms with Gasteiger partial charge in [0.25, 0.3) is 0 Å². The van der Waals surface area contributed by atoms with Crippen molar-refractivity contribution < 1.29 is 9.59 Å². The molecule has 2 aromatic rings. The molecule has 2 amide bonds. The molecule has 0 atom stereocenters. The Morgan fingerprint density at radius 1 is 1.04 bits per heavy atom. The van der Waals surface area contributed by atoms with Crippen molar-refractivity contribution in [3.8, 4) is 0 Å². The Hall–Kier alpha value is -2.14. The zero-order valence-corrected chi connectivity index (χ0v) is 15.6. The van der Waals surface area contributed by atoms with Gasteiger partial charge in [0.2, 0.25) is 11.8 Å². The number of hydrogen-bond donors (Lipinski definition) is 2. The number of benzene rings is 2. The van der Waals surface area contributed by atoms with Gasteiger partial charge in [0, 0.05) is 15.8 Å². The Kier molecular flexibility index (Phi) is 6.15. The van der Waals surface area contributed by atoms with Crippen molar-refractivity contribution >= 4 is 39.1 Å². The van der Waals surface area contributed by atoms with E-state index in [2.05, 4.69) is 40.4 Å². The highest BCUT2D eigenvalue weighted by atomic mass is 79.9. The molecule has 0 fully saturated rings. The minimum atomic E-state index is -0.337. The third-order valence-electron chi connectivity index (χ3n) is 3.62. The Labute approximate surface area is 150 Å². The summed E-state index contributed by atoms with van der Waals surface area (Å²) in [4.78, 5) is 24.2. The van der Waals surface area contributed by atoms with Crippen molar-refractivity contribution in [3.63, 3.8) is 0 Å². The summed E-state index contributed by atoms with van der Waals surface area (Å²) in [7, 11) is 0. The van der Waals surface area contributed by atoms with Crippen LogP contribution < -0.4 is 10.6 Å². The molecule has 0 saturated heterocycles. The highest BCUT2D eigenvalue weighted by Gasteiger charge is 2.13. The van der Waals surface area contributed by atoms with E-state index in [1.807, 2.05) is 43.3 Å². The molecule has 0 saturated carbocycles. The molecular weight excluding hydrogens is 368 g/mol. The van der Waals surface area contributed by atoms with E-state index in [1.165, 1.54) is 0 Å². The number of hydrogen-bond acceptors (Lipinski definition) is 2. The Balaban J connectivity index is 1.97. The van der Waals surface area contributed by atoms with Gasteiger partial charge in [-0.05, 0) is 48.2 Å². The van der Waals surface area contributed by atoms with E-state index < -0.39 is 0 Å². The minimum Gasteiger partial charge on any atom is -0.326 e. The monoisotopic (exact) mass is 388 g/mol. The molecule has 0 aromatic heterocycles. The van der Waals surface area contributed by atoms with E-state index >= 15 is 0 Å². The first kappa shape index (κ1) is 18.2. The van der Waals surface area contributed by atoms with Crippen LogP contribution in [0.1, 0.15) is 37.3 Å². The van der Waals surface area contributed by atoms with Gasteiger partial charge in [-0.25, -0.2) is 0 Å². The second-order valence-corrected chi connectivity index (χ2v) is 6.83. The fourth-order valence-corrected chi connectivity index (χ4v) is 2.63. The quantitative estimate of drug-likeness (QED) is 0.719. The first-order valence-corrected chi connectivity index (χ1v) is 8.61. The molecule has 126 valence electrons. The fourth-order valence-electron chi connectivity index (χ4n) is 2.38. The number of rotatable bonds is 5. The SMILES string of the molecule is Cc1cc(NC(=O)CC(=O)Nc2ccccc2C(C)C)ccc1Br. The lowest BCUT2D eigenvalue weighted by atomic mass is 10.0. The van der Waals surface area contributed by atoms with Crippen molar-refractivity contribution in [2.45, 2.75) is 33.1 Å². The summed E-state index contributed by atoms with van der Waals surface area (Å²) < 4.78 is 0.975. The predicted octanol–water partition coefficient (Wildman–Crippen LogP) is 4.85. The molecule has 4 nitrogen and oxygen atoms in total. The molecule has 24 heavy (non-hydrogen) atoms. The van der Waals surface area contributed by atoms with Crippen molar-refractivity contribution in [2.75, 3.05) is 10.6 Å². The predicted molar refractivity (Wildman–Crippen MR) is 101 cm³/mol. The number of para-hydroxylation sites is 1. The van der Waals surface area contributed by atoms with Crippen molar-refractivity contribution in [2.24, 2.45) is 0 Å². The normalized spacial score (nSPS) is 10.5. The van der Waals surface area contributed by atoms with Crippen LogP contribution in [-0.2, 0) is 9.59 Å². The maximum atomic E-state index is 12.1. The maximum absolute atomic E-state index is 12.1.